The summed E-state index contributed by atoms with van der Waals surface area (Å²) in [6.45, 7) is 3.42. The third kappa shape index (κ3) is 4.05. The average Bonchev–Trinajstić information content (AvgIpc) is 3.11. The summed E-state index contributed by atoms with van der Waals surface area (Å²) in [5.74, 6) is -1.59. The highest BCUT2D eigenvalue weighted by atomic mass is 16.5. The fraction of sp³-hybridized carbons (Fsp3) is 0.375. The Bertz CT molecular complexity index is 1010. The first-order valence-electron chi connectivity index (χ1n) is 10.6. The fourth-order valence-electron chi connectivity index (χ4n) is 4.34. The minimum absolute atomic E-state index is 0.0744. The lowest BCUT2D eigenvalue weighted by Gasteiger charge is -2.38. The van der Waals surface area contributed by atoms with Gasteiger partial charge in [0.15, 0.2) is 5.60 Å². The number of rotatable bonds is 5. The molecule has 2 aromatic carbocycles. The first-order valence-corrected chi connectivity index (χ1v) is 10.6. The van der Waals surface area contributed by atoms with Crippen LogP contribution in [0.15, 0.2) is 48.5 Å². The fourth-order valence-corrected chi connectivity index (χ4v) is 4.34. The smallest absolute Gasteiger partial charge is 0.407 e. The zero-order valence-electron chi connectivity index (χ0n) is 18.0. The Morgan fingerprint density at radius 3 is 2.34 bits per heavy atom. The van der Waals surface area contributed by atoms with Crippen molar-refractivity contribution >= 4 is 18.0 Å². The lowest BCUT2D eigenvalue weighted by atomic mass is 9.98. The monoisotopic (exact) mass is 438 g/mol. The number of morpholine rings is 1. The van der Waals surface area contributed by atoms with Gasteiger partial charge in [-0.1, -0.05) is 48.5 Å². The summed E-state index contributed by atoms with van der Waals surface area (Å²) in [6.07, 6.45) is -0.693. The minimum Gasteiger partial charge on any atom is -0.479 e. The van der Waals surface area contributed by atoms with E-state index >= 15 is 0 Å². The van der Waals surface area contributed by atoms with Gasteiger partial charge in [-0.2, -0.15) is 0 Å². The van der Waals surface area contributed by atoms with Crippen LogP contribution in [-0.4, -0.2) is 65.9 Å². The highest BCUT2D eigenvalue weighted by molar-refractivity contribution is 5.87. The molecule has 2 aliphatic rings. The van der Waals surface area contributed by atoms with E-state index in [1.54, 1.807) is 6.92 Å². The largest absolute Gasteiger partial charge is 0.479 e. The molecule has 2 atom stereocenters. The van der Waals surface area contributed by atoms with Crippen LogP contribution in [0.3, 0.4) is 0 Å². The summed E-state index contributed by atoms with van der Waals surface area (Å²) in [6, 6.07) is 15.2. The van der Waals surface area contributed by atoms with Crippen LogP contribution in [0.5, 0.6) is 0 Å². The molecule has 2 N–H and O–H groups in total. The molecule has 0 saturated carbocycles. The van der Waals surface area contributed by atoms with Crippen molar-refractivity contribution in [2.75, 3.05) is 26.3 Å². The van der Waals surface area contributed by atoms with Gasteiger partial charge in [0.2, 0.25) is 5.91 Å². The van der Waals surface area contributed by atoms with Crippen LogP contribution in [0.25, 0.3) is 11.1 Å². The normalized spacial score (nSPS) is 20.8. The van der Waals surface area contributed by atoms with Gasteiger partial charge in [0.25, 0.3) is 0 Å². The second-order valence-corrected chi connectivity index (χ2v) is 8.34. The molecule has 2 unspecified atom stereocenters. The van der Waals surface area contributed by atoms with Crippen molar-refractivity contribution in [3.8, 4) is 11.1 Å². The molecule has 2 aromatic rings. The Kier molecular flexibility index (Phi) is 5.88. The first-order chi connectivity index (χ1) is 15.3. The van der Waals surface area contributed by atoms with Crippen molar-refractivity contribution in [2.45, 2.75) is 31.4 Å². The summed E-state index contributed by atoms with van der Waals surface area (Å²) in [4.78, 5) is 38.0. The van der Waals surface area contributed by atoms with Gasteiger partial charge in [0.05, 0.1) is 13.2 Å². The molecule has 2 amide bonds. The molecule has 1 aliphatic carbocycles. The van der Waals surface area contributed by atoms with Crippen molar-refractivity contribution in [3.63, 3.8) is 0 Å². The minimum atomic E-state index is -1.46. The SMILES string of the molecule is CC(NC(=O)OCC1c2ccccc2-c2ccccc21)C(=O)N1CCOC(C)(C(=O)O)C1. The van der Waals surface area contributed by atoms with Gasteiger partial charge >= 0.3 is 12.1 Å². The molecule has 1 saturated heterocycles. The van der Waals surface area contributed by atoms with Gasteiger partial charge in [-0.15, -0.1) is 0 Å². The molecule has 168 valence electrons. The van der Waals surface area contributed by atoms with E-state index < -0.39 is 23.7 Å². The summed E-state index contributed by atoms with van der Waals surface area (Å²) < 4.78 is 10.8. The van der Waals surface area contributed by atoms with E-state index in [4.69, 9.17) is 9.47 Å². The number of aliphatic carboxylic acids is 1. The molecule has 0 radical (unpaired) electrons. The number of carboxylic acids is 1. The third-order valence-electron chi connectivity index (χ3n) is 6.09. The number of carbonyl (C=O) groups excluding carboxylic acids is 2. The number of nitrogens with one attached hydrogen (secondary N) is 1. The van der Waals surface area contributed by atoms with E-state index in [0.29, 0.717) is 0 Å². The number of alkyl carbamates (subject to hydrolysis) is 1. The molecule has 0 spiro atoms. The van der Waals surface area contributed by atoms with Crippen molar-refractivity contribution < 1.29 is 29.0 Å². The van der Waals surface area contributed by atoms with Crippen LogP contribution >= 0.6 is 0 Å². The van der Waals surface area contributed by atoms with Gasteiger partial charge in [-0.25, -0.2) is 9.59 Å². The van der Waals surface area contributed by atoms with Crippen LogP contribution < -0.4 is 5.32 Å². The second-order valence-electron chi connectivity index (χ2n) is 8.34. The Labute approximate surface area is 186 Å². The molecule has 0 bridgehead atoms. The van der Waals surface area contributed by atoms with Gasteiger partial charge in [0.1, 0.15) is 12.6 Å². The Balaban J connectivity index is 1.36. The van der Waals surface area contributed by atoms with Crippen molar-refractivity contribution in [3.05, 3.63) is 59.7 Å². The number of carboxylic acid groups (broad SMARTS) is 1. The van der Waals surface area contributed by atoms with E-state index in [0.717, 1.165) is 22.3 Å². The lowest BCUT2D eigenvalue weighted by Crippen LogP contribution is -2.59. The number of fused-ring (bicyclic) bond motifs is 3. The molecule has 8 heteroatoms. The summed E-state index contributed by atoms with van der Waals surface area (Å²) in [5, 5.41) is 11.9. The van der Waals surface area contributed by atoms with Gasteiger partial charge in [-0.3, -0.25) is 4.79 Å². The number of ether oxygens (including phenoxy) is 2. The van der Waals surface area contributed by atoms with Crippen LogP contribution in [0.4, 0.5) is 4.79 Å². The maximum Gasteiger partial charge on any atom is 0.407 e. The van der Waals surface area contributed by atoms with Gasteiger partial charge < -0.3 is 24.8 Å². The molecule has 1 aliphatic heterocycles. The Hall–Kier alpha value is -3.39. The number of amides is 2. The molecule has 1 heterocycles. The molecule has 1 fully saturated rings. The number of nitrogens with zero attached hydrogens (tertiary/aromatic N) is 1. The second kappa shape index (κ2) is 8.63. The number of hydrogen-bond donors (Lipinski definition) is 2. The maximum atomic E-state index is 12.7. The van der Waals surface area contributed by atoms with Crippen LogP contribution in [0.2, 0.25) is 0 Å². The topological polar surface area (TPSA) is 105 Å². The number of carbonyl (C=O) groups is 3. The average molecular weight is 438 g/mol. The van der Waals surface area contributed by atoms with E-state index in [9.17, 15) is 19.5 Å². The molecule has 8 nitrogen and oxygen atoms in total. The zero-order valence-corrected chi connectivity index (χ0v) is 18.0. The van der Waals surface area contributed by atoms with Gasteiger partial charge in [-0.05, 0) is 36.1 Å². The van der Waals surface area contributed by atoms with Crippen LogP contribution in [-0.2, 0) is 19.1 Å². The summed E-state index contributed by atoms with van der Waals surface area (Å²) in [7, 11) is 0. The quantitative estimate of drug-likeness (QED) is 0.744. The summed E-state index contributed by atoms with van der Waals surface area (Å²) >= 11 is 0. The van der Waals surface area contributed by atoms with E-state index in [1.165, 1.54) is 11.8 Å². The predicted octanol–water partition coefficient (Wildman–Crippen LogP) is 2.62. The predicted molar refractivity (Wildman–Crippen MR) is 116 cm³/mol. The van der Waals surface area contributed by atoms with Crippen LogP contribution in [0.1, 0.15) is 30.9 Å². The van der Waals surface area contributed by atoms with Crippen LogP contribution in [0, 0.1) is 0 Å². The first kappa shape index (κ1) is 21.8. The third-order valence-corrected chi connectivity index (χ3v) is 6.09. The molecule has 0 aromatic heterocycles. The Morgan fingerprint density at radius 1 is 1.16 bits per heavy atom. The molecule has 4 rings (SSSR count). The van der Waals surface area contributed by atoms with Crippen molar-refractivity contribution in [2.24, 2.45) is 0 Å². The van der Waals surface area contributed by atoms with E-state index in [1.807, 2.05) is 36.4 Å². The number of benzene rings is 2. The molecule has 32 heavy (non-hydrogen) atoms. The maximum absolute atomic E-state index is 12.7. The standard InChI is InChI=1S/C24H26N2O6/c1-15(21(27)26-11-12-32-24(2,14-26)22(28)29)25-23(30)31-13-20-18-9-5-3-7-16(18)17-8-4-6-10-19(17)20/h3-10,15,20H,11-14H2,1-2H3,(H,25,30)(H,28,29). The molecular formula is C24H26N2O6. The van der Waals surface area contributed by atoms with Crippen molar-refractivity contribution in [1.82, 2.24) is 10.2 Å². The highest BCUT2D eigenvalue weighted by Gasteiger charge is 2.41. The van der Waals surface area contributed by atoms with E-state index in [2.05, 4.69) is 17.4 Å². The van der Waals surface area contributed by atoms with Crippen molar-refractivity contribution in [1.29, 1.82) is 0 Å². The molecular weight excluding hydrogens is 412 g/mol. The van der Waals surface area contributed by atoms with Gasteiger partial charge in [0, 0.05) is 12.5 Å². The van der Waals surface area contributed by atoms with E-state index in [-0.39, 0.29) is 38.1 Å². The number of hydrogen-bond acceptors (Lipinski definition) is 5. The summed E-state index contributed by atoms with van der Waals surface area (Å²) in [5.41, 5.74) is 3.01. The highest BCUT2D eigenvalue weighted by Crippen LogP contribution is 2.44. The Morgan fingerprint density at radius 2 is 1.75 bits per heavy atom. The lowest BCUT2D eigenvalue weighted by molar-refractivity contribution is -0.177. The zero-order chi connectivity index (χ0) is 22.9.